The average molecular weight is 444 g/mol. The first kappa shape index (κ1) is 22.4. The van der Waals surface area contributed by atoms with E-state index in [9.17, 15) is 9.59 Å². The van der Waals surface area contributed by atoms with Gasteiger partial charge in [-0.25, -0.2) is 0 Å². The fourth-order valence-corrected chi connectivity index (χ4v) is 4.24. The summed E-state index contributed by atoms with van der Waals surface area (Å²) in [6.07, 6.45) is 1.83. The molecule has 2 N–H and O–H groups in total. The van der Waals surface area contributed by atoms with E-state index in [0.717, 1.165) is 36.4 Å². The molecule has 3 aromatic rings. The molecule has 0 saturated carbocycles. The number of ether oxygens (including phenoxy) is 1. The minimum absolute atomic E-state index is 0.0315. The number of anilines is 1. The standard InChI is InChI=1S/C27H29N3O3/c1-33-24-17-9-8-16-23(24)30-18-10-15-22(19-30)28-27(32)25(20-11-4-2-5-12-20)29-26(31)21-13-6-3-7-14-21/h2-9,11-14,16-17,22,25H,10,15,18-19H2,1H3,(H,28,32)(H,29,31). The third-order valence-electron chi connectivity index (χ3n) is 5.90. The van der Waals surface area contributed by atoms with Gasteiger partial charge >= 0.3 is 0 Å². The van der Waals surface area contributed by atoms with Crippen LogP contribution in [0.2, 0.25) is 0 Å². The van der Waals surface area contributed by atoms with Crippen LogP contribution in [-0.2, 0) is 4.79 Å². The Kier molecular flexibility index (Phi) is 7.25. The number of methoxy groups -OCH3 is 1. The van der Waals surface area contributed by atoms with Gasteiger partial charge in [-0.1, -0.05) is 60.7 Å². The molecular formula is C27H29N3O3. The van der Waals surface area contributed by atoms with Crippen molar-refractivity contribution in [2.24, 2.45) is 0 Å². The maximum absolute atomic E-state index is 13.4. The van der Waals surface area contributed by atoms with Crippen molar-refractivity contribution in [2.75, 3.05) is 25.1 Å². The molecule has 33 heavy (non-hydrogen) atoms. The zero-order valence-electron chi connectivity index (χ0n) is 18.7. The van der Waals surface area contributed by atoms with E-state index in [4.69, 9.17) is 4.74 Å². The smallest absolute Gasteiger partial charge is 0.252 e. The van der Waals surface area contributed by atoms with Gasteiger partial charge in [0.2, 0.25) is 5.91 Å². The maximum atomic E-state index is 13.4. The Balaban J connectivity index is 1.49. The fraction of sp³-hybridized carbons (Fsp3) is 0.259. The molecule has 1 aliphatic rings. The Morgan fingerprint density at radius 2 is 1.61 bits per heavy atom. The van der Waals surface area contributed by atoms with Crippen molar-refractivity contribution in [1.29, 1.82) is 0 Å². The maximum Gasteiger partial charge on any atom is 0.252 e. The molecule has 1 heterocycles. The molecule has 3 aromatic carbocycles. The summed E-state index contributed by atoms with van der Waals surface area (Å²) in [6.45, 7) is 1.58. The van der Waals surface area contributed by atoms with Crippen molar-refractivity contribution in [3.63, 3.8) is 0 Å². The first-order valence-corrected chi connectivity index (χ1v) is 11.2. The van der Waals surface area contributed by atoms with Crippen LogP contribution in [0.25, 0.3) is 0 Å². The minimum Gasteiger partial charge on any atom is -0.495 e. The largest absolute Gasteiger partial charge is 0.495 e. The molecule has 0 spiro atoms. The van der Waals surface area contributed by atoms with Gasteiger partial charge in [-0.2, -0.15) is 0 Å². The van der Waals surface area contributed by atoms with E-state index in [1.807, 2.05) is 60.7 Å². The van der Waals surface area contributed by atoms with Gasteiger partial charge in [-0.15, -0.1) is 0 Å². The number of para-hydroxylation sites is 2. The molecule has 170 valence electrons. The second-order valence-corrected chi connectivity index (χ2v) is 8.15. The van der Waals surface area contributed by atoms with E-state index in [0.29, 0.717) is 12.1 Å². The Bertz CT molecular complexity index is 1070. The summed E-state index contributed by atoms with van der Waals surface area (Å²) in [5.41, 5.74) is 2.29. The van der Waals surface area contributed by atoms with Crippen LogP contribution in [0.3, 0.4) is 0 Å². The highest BCUT2D eigenvalue weighted by Crippen LogP contribution is 2.30. The Labute approximate surface area is 194 Å². The molecule has 4 rings (SSSR count). The molecule has 2 unspecified atom stereocenters. The molecule has 0 aliphatic carbocycles. The van der Waals surface area contributed by atoms with Crippen LogP contribution in [-0.4, -0.2) is 38.1 Å². The molecule has 2 atom stereocenters. The van der Waals surface area contributed by atoms with Gasteiger partial charge in [0.05, 0.1) is 12.8 Å². The lowest BCUT2D eigenvalue weighted by Crippen LogP contribution is -2.51. The van der Waals surface area contributed by atoms with Crippen LogP contribution < -0.4 is 20.3 Å². The summed E-state index contributed by atoms with van der Waals surface area (Å²) in [6, 6.07) is 25.4. The van der Waals surface area contributed by atoms with E-state index in [-0.39, 0.29) is 17.9 Å². The molecule has 1 aliphatic heterocycles. The second kappa shape index (κ2) is 10.7. The van der Waals surface area contributed by atoms with E-state index in [2.05, 4.69) is 15.5 Å². The van der Waals surface area contributed by atoms with Crippen LogP contribution in [0.15, 0.2) is 84.9 Å². The summed E-state index contributed by atoms with van der Waals surface area (Å²) in [5, 5.41) is 6.09. The number of hydrogen-bond donors (Lipinski definition) is 2. The zero-order valence-corrected chi connectivity index (χ0v) is 18.7. The highest BCUT2D eigenvalue weighted by molar-refractivity contribution is 5.97. The summed E-state index contributed by atoms with van der Waals surface area (Å²) in [7, 11) is 1.67. The summed E-state index contributed by atoms with van der Waals surface area (Å²) in [5.74, 6) is 0.331. The number of carbonyl (C=O) groups is 2. The first-order valence-electron chi connectivity index (χ1n) is 11.2. The van der Waals surface area contributed by atoms with Crippen molar-refractivity contribution in [3.05, 3.63) is 96.1 Å². The second-order valence-electron chi connectivity index (χ2n) is 8.15. The van der Waals surface area contributed by atoms with Crippen LogP contribution >= 0.6 is 0 Å². The number of hydrogen-bond acceptors (Lipinski definition) is 4. The van der Waals surface area contributed by atoms with Gasteiger partial charge in [-0.3, -0.25) is 9.59 Å². The van der Waals surface area contributed by atoms with Crippen LogP contribution in [0, 0.1) is 0 Å². The Morgan fingerprint density at radius 1 is 0.939 bits per heavy atom. The molecule has 6 heteroatoms. The van der Waals surface area contributed by atoms with Crippen LogP contribution in [0.1, 0.15) is 34.8 Å². The molecule has 0 radical (unpaired) electrons. The molecular weight excluding hydrogens is 414 g/mol. The van der Waals surface area contributed by atoms with Gasteiger partial charge in [0.25, 0.3) is 5.91 Å². The summed E-state index contributed by atoms with van der Waals surface area (Å²) < 4.78 is 5.52. The Hall–Kier alpha value is -3.80. The van der Waals surface area contributed by atoms with E-state index < -0.39 is 6.04 Å². The lowest BCUT2D eigenvalue weighted by molar-refractivity contribution is -0.123. The highest BCUT2D eigenvalue weighted by Gasteiger charge is 2.28. The summed E-state index contributed by atoms with van der Waals surface area (Å²) >= 11 is 0. The first-order chi connectivity index (χ1) is 16.2. The lowest BCUT2D eigenvalue weighted by Gasteiger charge is -2.36. The SMILES string of the molecule is COc1ccccc1N1CCCC(NC(=O)C(NC(=O)c2ccccc2)c2ccccc2)C1. The number of amides is 2. The fourth-order valence-electron chi connectivity index (χ4n) is 4.24. The van der Waals surface area contributed by atoms with Gasteiger partial charge in [0.1, 0.15) is 11.8 Å². The molecule has 6 nitrogen and oxygen atoms in total. The van der Waals surface area contributed by atoms with Crippen molar-refractivity contribution in [2.45, 2.75) is 24.9 Å². The third-order valence-corrected chi connectivity index (χ3v) is 5.90. The average Bonchev–Trinajstić information content (AvgIpc) is 2.88. The van der Waals surface area contributed by atoms with Gasteiger partial charge in [0.15, 0.2) is 0 Å². The Morgan fingerprint density at radius 3 is 2.33 bits per heavy atom. The van der Waals surface area contributed by atoms with Gasteiger partial charge < -0.3 is 20.3 Å². The normalized spacial score (nSPS) is 16.5. The highest BCUT2D eigenvalue weighted by atomic mass is 16.5. The van der Waals surface area contributed by atoms with Crippen LogP contribution in [0.5, 0.6) is 5.75 Å². The van der Waals surface area contributed by atoms with Gasteiger partial charge in [0, 0.05) is 24.7 Å². The third kappa shape index (κ3) is 5.52. The lowest BCUT2D eigenvalue weighted by atomic mass is 10.0. The van der Waals surface area contributed by atoms with Crippen molar-refractivity contribution in [1.82, 2.24) is 10.6 Å². The van der Waals surface area contributed by atoms with E-state index in [1.165, 1.54) is 0 Å². The van der Waals surface area contributed by atoms with E-state index in [1.54, 1.807) is 31.4 Å². The molecule has 1 saturated heterocycles. The van der Waals surface area contributed by atoms with Gasteiger partial charge in [-0.05, 0) is 42.7 Å². The number of nitrogens with one attached hydrogen (secondary N) is 2. The number of nitrogens with zero attached hydrogens (tertiary/aromatic N) is 1. The number of carbonyl (C=O) groups excluding carboxylic acids is 2. The topological polar surface area (TPSA) is 70.7 Å². The van der Waals surface area contributed by atoms with E-state index >= 15 is 0 Å². The number of piperidine rings is 1. The molecule has 0 aromatic heterocycles. The van der Waals surface area contributed by atoms with Crippen molar-refractivity contribution >= 4 is 17.5 Å². The van der Waals surface area contributed by atoms with Crippen molar-refractivity contribution in [3.8, 4) is 5.75 Å². The van der Waals surface area contributed by atoms with Crippen molar-refractivity contribution < 1.29 is 14.3 Å². The van der Waals surface area contributed by atoms with Crippen LogP contribution in [0.4, 0.5) is 5.69 Å². The monoisotopic (exact) mass is 443 g/mol. The molecule has 0 bridgehead atoms. The minimum atomic E-state index is -0.777. The molecule has 2 amide bonds. The zero-order chi connectivity index (χ0) is 23.0. The predicted molar refractivity (Wildman–Crippen MR) is 129 cm³/mol. The number of benzene rings is 3. The number of rotatable bonds is 7. The summed E-state index contributed by atoms with van der Waals surface area (Å²) in [4.78, 5) is 28.4. The predicted octanol–water partition coefficient (Wildman–Crippen LogP) is 3.95. The quantitative estimate of drug-likeness (QED) is 0.580. The molecule has 1 fully saturated rings.